The monoisotopic (exact) mass is 419 g/mol. The number of nitro benzene ring substituents is 1. The van der Waals surface area contributed by atoms with Gasteiger partial charge >= 0.3 is 5.97 Å². The summed E-state index contributed by atoms with van der Waals surface area (Å²) in [6, 6.07) is 7.84. The van der Waals surface area contributed by atoms with Crippen LogP contribution in [0.3, 0.4) is 0 Å². The molecule has 1 unspecified atom stereocenters. The van der Waals surface area contributed by atoms with Crippen molar-refractivity contribution in [3.05, 3.63) is 63.7 Å². The molecule has 0 bridgehead atoms. The maximum Gasteiger partial charge on any atom is 0.329 e. The quantitative estimate of drug-likeness (QED) is 0.522. The lowest BCUT2D eigenvalue weighted by Gasteiger charge is -2.33. The first kappa shape index (κ1) is 20.3. The number of phenolic OH excluding ortho intramolecular Hbond substituents is 1. The van der Waals surface area contributed by atoms with E-state index in [0.29, 0.717) is 16.8 Å². The number of non-ortho nitro benzene ring substituents is 1. The van der Waals surface area contributed by atoms with Crippen LogP contribution in [0.5, 0.6) is 5.75 Å². The van der Waals surface area contributed by atoms with Crippen LogP contribution in [-0.4, -0.2) is 43.7 Å². The number of rotatable bonds is 7. The van der Waals surface area contributed by atoms with Crippen molar-refractivity contribution in [3.8, 4) is 5.75 Å². The number of aliphatic carboxylic acids is 1. The number of aliphatic imine (C=N–C) groups is 1. The van der Waals surface area contributed by atoms with E-state index in [1.807, 2.05) is 0 Å². The molecule has 1 heterocycles. The Morgan fingerprint density at radius 3 is 2.55 bits per heavy atom. The van der Waals surface area contributed by atoms with Gasteiger partial charge in [-0.25, -0.2) is 9.18 Å². The highest BCUT2D eigenvalue weighted by molar-refractivity contribution is 7.54. The van der Waals surface area contributed by atoms with Gasteiger partial charge < -0.3 is 10.2 Å². The average molecular weight is 419 g/mol. The molecule has 9 nitrogen and oxygen atoms in total. The van der Waals surface area contributed by atoms with E-state index in [-0.39, 0.29) is 35.0 Å². The molecule has 11 heteroatoms. The Morgan fingerprint density at radius 2 is 2.00 bits per heavy atom. The van der Waals surface area contributed by atoms with Crippen LogP contribution < -0.4 is 0 Å². The molecule has 0 saturated heterocycles. The largest absolute Gasteiger partial charge is 0.508 e. The van der Waals surface area contributed by atoms with Crippen LogP contribution >= 0.6 is 0 Å². The lowest BCUT2D eigenvalue weighted by molar-refractivity contribution is -0.384. The van der Waals surface area contributed by atoms with E-state index >= 15 is 0 Å². The first-order chi connectivity index (χ1) is 13.8. The number of hydrogen-bond acceptors (Lipinski definition) is 7. The minimum absolute atomic E-state index is 0.0377. The Hall–Kier alpha value is -3.47. The zero-order valence-corrected chi connectivity index (χ0v) is 15.5. The van der Waals surface area contributed by atoms with Gasteiger partial charge in [-0.2, -0.15) is 8.57 Å². The van der Waals surface area contributed by atoms with Crippen molar-refractivity contribution in [3.63, 3.8) is 0 Å². The highest BCUT2D eigenvalue weighted by Gasteiger charge is 2.48. The highest BCUT2D eigenvalue weighted by Crippen LogP contribution is 2.49. The van der Waals surface area contributed by atoms with Gasteiger partial charge in [-0.1, -0.05) is 12.1 Å². The van der Waals surface area contributed by atoms with Gasteiger partial charge in [0.2, 0.25) is 0 Å². The number of hydrogen-bond donors (Lipinski definition) is 2. The summed E-state index contributed by atoms with van der Waals surface area (Å²) in [4.78, 5) is 26.3. The maximum atomic E-state index is 14.0. The average Bonchev–Trinajstić information content (AvgIpc) is 3.01. The number of alkyl halides is 1. The summed E-state index contributed by atoms with van der Waals surface area (Å²) in [5.74, 6) is -1.53. The van der Waals surface area contributed by atoms with Gasteiger partial charge in [0.1, 0.15) is 12.4 Å². The molecule has 150 valence electrons. The molecule has 0 spiro atoms. The Balaban J connectivity index is 2.28. The second kappa shape index (κ2) is 7.87. The predicted octanol–water partition coefficient (Wildman–Crippen LogP) is 2.88. The lowest BCUT2D eigenvalue weighted by atomic mass is 9.68. The summed E-state index contributed by atoms with van der Waals surface area (Å²) in [6.45, 7) is -1.04. The maximum absolute atomic E-state index is 14.0. The third-order valence-corrected chi connectivity index (χ3v) is 5.18. The van der Waals surface area contributed by atoms with Crippen LogP contribution in [-0.2, 0) is 21.7 Å². The molecule has 0 fully saturated rings. The van der Waals surface area contributed by atoms with Crippen LogP contribution in [0.2, 0.25) is 0 Å². The van der Waals surface area contributed by atoms with Gasteiger partial charge in [0.25, 0.3) is 5.69 Å². The second-order valence-corrected chi connectivity index (χ2v) is 6.70. The molecule has 29 heavy (non-hydrogen) atoms. The molecule has 0 saturated carbocycles. The topological polar surface area (TPSA) is 142 Å². The summed E-state index contributed by atoms with van der Waals surface area (Å²) in [6.07, 6.45) is -0.353. The Kier molecular flexibility index (Phi) is 5.50. The van der Waals surface area contributed by atoms with Crippen molar-refractivity contribution in [2.24, 2.45) is 9.36 Å². The smallest absolute Gasteiger partial charge is 0.329 e. The van der Waals surface area contributed by atoms with Gasteiger partial charge in [0, 0.05) is 18.6 Å². The van der Waals surface area contributed by atoms with Gasteiger partial charge in [-0.15, -0.1) is 0 Å². The number of aromatic hydroxyl groups is 1. The van der Waals surface area contributed by atoms with E-state index in [9.17, 15) is 33.7 Å². The Labute approximate surface area is 166 Å². The number of phenols is 1. The molecule has 2 aromatic rings. The summed E-state index contributed by atoms with van der Waals surface area (Å²) in [5, 5.41) is 30.4. The number of fused-ring (bicyclic) bond motifs is 1. The van der Waals surface area contributed by atoms with Crippen molar-refractivity contribution in [1.29, 1.82) is 0 Å². The van der Waals surface area contributed by atoms with Crippen molar-refractivity contribution in [1.82, 2.24) is 0 Å². The Bertz CT molecular complexity index is 1070. The van der Waals surface area contributed by atoms with Crippen LogP contribution in [0, 0.1) is 10.1 Å². The van der Waals surface area contributed by atoms with Crippen LogP contribution in [0.15, 0.2) is 51.8 Å². The number of halogens is 1. The number of nitrogens with zero attached hydrogens (tertiary/aromatic N) is 3. The normalized spacial score (nSPS) is 18.4. The summed E-state index contributed by atoms with van der Waals surface area (Å²) in [5.41, 5.74) is -0.721. The molecule has 1 aliphatic heterocycles. The molecule has 2 aromatic carbocycles. The van der Waals surface area contributed by atoms with E-state index in [0.717, 1.165) is 0 Å². The molecular formula is C18H14FN3O6S. The molecule has 3 rings (SSSR count). The van der Waals surface area contributed by atoms with Gasteiger partial charge in [0.15, 0.2) is 17.5 Å². The van der Waals surface area contributed by atoms with E-state index in [1.165, 1.54) is 42.5 Å². The molecule has 2 N–H and O–H groups in total. The van der Waals surface area contributed by atoms with E-state index in [4.69, 9.17) is 0 Å². The second-order valence-electron chi connectivity index (χ2n) is 6.34. The van der Waals surface area contributed by atoms with E-state index in [2.05, 4.69) is 9.36 Å². The summed E-state index contributed by atoms with van der Waals surface area (Å²) >= 11 is -0.263. The fraction of sp³-hybridized carbons (Fsp3) is 0.222. The lowest BCUT2D eigenvalue weighted by Crippen LogP contribution is -2.40. The van der Waals surface area contributed by atoms with Gasteiger partial charge in [0.05, 0.1) is 21.7 Å². The molecule has 0 aliphatic carbocycles. The van der Waals surface area contributed by atoms with Crippen LogP contribution in [0.4, 0.5) is 15.8 Å². The number of carbonyl (C=O) groups is 1. The first-order valence-electron chi connectivity index (χ1n) is 8.28. The number of benzene rings is 2. The van der Waals surface area contributed by atoms with Crippen LogP contribution in [0.25, 0.3) is 0 Å². The van der Waals surface area contributed by atoms with E-state index in [1.54, 1.807) is 0 Å². The zero-order chi connectivity index (χ0) is 21.2. The predicted molar refractivity (Wildman–Crippen MR) is 102 cm³/mol. The molecule has 0 amide bonds. The van der Waals surface area contributed by atoms with Gasteiger partial charge in [-0.3, -0.25) is 15.1 Å². The van der Waals surface area contributed by atoms with Crippen molar-refractivity contribution in [2.45, 2.75) is 17.9 Å². The third-order valence-electron chi connectivity index (χ3n) is 4.84. The van der Waals surface area contributed by atoms with E-state index < -0.39 is 29.0 Å². The summed E-state index contributed by atoms with van der Waals surface area (Å²) in [7, 11) is 0. The highest BCUT2D eigenvalue weighted by atomic mass is 32.1. The fourth-order valence-corrected chi connectivity index (χ4v) is 3.82. The van der Waals surface area contributed by atoms with Crippen molar-refractivity contribution >= 4 is 34.5 Å². The zero-order valence-electron chi connectivity index (χ0n) is 14.7. The number of carboxylic acid groups (broad SMARTS) is 1. The molecule has 2 atom stereocenters. The van der Waals surface area contributed by atoms with Gasteiger partial charge in [-0.05, 0) is 29.3 Å². The number of carboxylic acids is 1. The molecule has 0 radical (unpaired) electrons. The first-order valence-corrected chi connectivity index (χ1v) is 8.97. The third kappa shape index (κ3) is 3.51. The number of nitro groups is 1. The minimum atomic E-state index is -1.50. The fourth-order valence-electron chi connectivity index (χ4n) is 3.55. The van der Waals surface area contributed by atoms with Crippen molar-refractivity contribution < 1.29 is 28.5 Å². The van der Waals surface area contributed by atoms with Crippen LogP contribution in [0.1, 0.15) is 17.5 Å². The Morgan fingerprint density at radius 1 is 1.31 bits per heavy atom. The SMILES string of the molecule is O=S=N[C@@H](CC1(c2ccc([N+](=O)[O-])cc2)C(CF)=Nc2ccc(O)cc21)C(=O)O. The standard InChI is InChI=1S/C18H14FN3O6S/c19-9-16-18(8-15(17(24)25)21-29-28,10-1-3-11(4-2-10)22(26)27)13-7-12(23)5-6-14(13)20-16/h1-7,15,23H,8-9H2,(H,24,25)/t15-,18?/m0/s1. The summed E-state index contributed by atoms with van der Waals surface area (Å²) < 4.78 is 28.4. The van der Waals surface area contributed by atoms with Crippen molar-refractivity contribution in [2.75, 3.05) is 6.67 Å². The molecule has 1 aliphatic rings. The molecular weight excluding hydrogens is 405 g/mol. The minimum Gasteiger partial charge on any atom is -0.508 e. The molecule has 0 aromatic heterocycles.